The highest BCUT2D eigenvalue weighted by Crippen LogP contribution is 2.39. The largest absolute Gasteiger partial charge is 0.492 e. The molecule has 0 bridgehead atoms. The average Bonchev–Trinajstić information content (AvgIpc) is 3.31. The van der Waals surface area contributed by atoms with Crippen LogP contribution in [-0.2, 0) is 11.2 Å². The molecule has 1 aliphatic heterocycles. The first-order valence-corrected chi connectivity index (χ1v) is 7.26. The van der Waals surface area contributed by atoms with E-state index in [9.17, 15) is 9.90 Å². The van der Waals surface area contributed by atoms with Crippen molar-refractivity contribution in [1.29, 1.82) is 0 Å². The molecule has 2 atom stereocenters. The summed E-state index contributed by atoms with van der Waals surface area (Å²) in [6, 6.07) is 7.84. The van der Waals surface area contributed by atoms with Crippen molar-refractivity contribution in [3.63, 3.8) is 0 Å². The number of amides is 1. The van der Waals surface area contributed by atoms with Gasteiger partial charge in [0.2, 0.25) is 5.91 Å². The zero-order valence-electron chi connectivity index (χ0n) is 11.8. The molecule has 1 saturated carbocycles. The molecule has 0 radical (unpaired) electrons. The van der Waals surface area contributed by atoms with Crippen LogP contribution < -0.4 is 10.1 Å². The van der Waals surface area contributed by atoms with Crippen LogP contribution in [0.25, 0.3) is 0 Å². The maximum atomic E-state index is 12.4. The van der Waals surface area contributed by atoms with Crippen molar-refractivity contribution in [2.24, 2.45) is 11.8 Å². The lowest BCUT2D eigenvalue weighted by atomic mass is 9.92. The Bertz CT molecular complexity index is 512. The van der Waals surface area contributed by atoms with Crippen molar-refractivity contribution in [2.75, 3.05) is 13.2 Å². The fraction of sp³-hybridized carbons (Fsp3) is 0.562. The zero-order valence-corrected chi connectivity index (χ0v) is 11.8. The fourth-order valence-electron chi connectivity index (χ4n) is 2.87. The second kappa shape index (κ2) is 5.09. The molecular weight excluding hydrogens is 254 g/mol. The van der Waals surface area contributed by atoms with Crippen LogP contribution in [0.4, 0.5) is 0 Å². The number of para-hydroxylation sites is 1. The van der Waals surface area contributed by atoms with E-state index in [0.717, 1.165) is 24.2 Å². The Labute approximate surface area is 119 Å². The molecule has 1 aromatic rings. The summed E-state index contributed by atoms with van der Waals surface area (Å²) >= 11 is 0. The molecule has 2 unspecified atom stereocenters. The Hall–Kier alpha value is -1.55. The molecule has 1 aliphatic carbocycles. The molecule has 0 saturated heterocycles. The fourth-order valence-corrected chi connectivity index (χ4v) is 2.87. The van der Waals surface area contributed by atoms with E-state index in [1.165, 1.54) is 0 Å². The molecule has 1 amide bonds. The summed E-state index contributed by atoms with van der Waals surface area (Å²) in [5.41, 5.74) is 0.602. The van der Waals surface area contributed by atoms with Gasteiger partial charge >= 0.3 is 0 Å². The first-order valence-electron chi connectivity index (χ1n) is 7.26. The van der Waals surface area contributed by atoms with E-state index in [1.807, 2.05) is 31.2 Å². The highest BCUT2D eigenvalue weighted by atomic mass is 16.5. The van der Waals surface area contributed by atoms with E-state index in [4.69, 9.17) is 4.74 Å². The van der Waals surface area contributed by atoms with E-state index < -0.39 is 5.54 Å². The minimum Gasteiger partial charge on any atom is -0.492 e. The van der Waals surface area contributed by atoms with Crippen LogP contribution in [0.5, 0.6) is 5.75 Å². The SMILES string of the molecule is CC(CO)(NC(=O)C1COc2ccccc2C1)C1CC1. The molecule has 1 aromatic carbocycles. The van der Waals surface area contributed by atoms with Gasteiger partial charge in [0.1, 0.15) is 12.4 Å². The van der Waals surface area contributed by atoms with Gasteiger partial charge in [0.05, 0.1) is 18.1 Å². The van der Waals surface area contributed by atoms with Gasteiger partial charge in [0, 0.05) is 0 Å². The Morgan fingerprint density at radius 2 is 2.20 bits per heavy atom. The van der Waals surface area contributed by atoms with Crippen molar-refractivity contribution in [3.05, 3.63) is 29.8 Å². The molecule has 1 heterocycles. The third-order valence-corrected chi connectivity index (χ3v) is 4.47. The van der Waals surface area contributed by atoms with Crippen molar-refractivity contribution >= 4 is 5.91 Å². The van der Waals surface area contributed by atoms with Gasteiger partial charge in [-0.15, -0.1) is 0 Å². The predicted octanol–water partition coefficient (Wildman–Crippen LogP) is 1.51. The first kappa shape index (κ1) is 13.4. The van der Waals surface area contributed by atoms with Crippen LogP contribution in [0.1, 0.15) is 25.3 Å². The summed E-state index contributed by atoms with van der Waals surface area (Å²) in [6.45, 7) is 2.34. The van der Waals surface area contributed by atoms with Gasteiger partial charge in [0.15, 0.2) is 0 Å². The third-order valence-electron chi connectivity index (χ3n) is 4.47. The second-order valence-electron chi connectivity index (χ2n) is 6.16. The van der Waals surface area contributed by atoms with Crippen LogP contribution >= 0.6 is 0 Å². The number of aliphatic hydroxyl groups excluding tert-OH is 1. The van der Waals surface area contributed by atoms with Gasteiger partial charge in [-0.2, -0.15) is 0 Å². The molecule has 20 heavy (non-hydrogen) atoms. The summed E-state index contributed by atoms with van der Waals surface area (Å²) in [5.74, 6) is 1.11. The van der Waals surface area contributed by atoms with Gasteiger partial charge in [-0.1, -0.05) is 18.2 Å². The summed E-state index contributed by atoms with van der Waals surface area (Å²) in [6.07, 6.45) is 2.87. The number of ether oxygens (including phenoxy) is 1. The monoisotopic (exact) mass is 275 g/mol. The molecule has 2 aliphatic rings. The number of aliphatic hydroxyl groups is 1. The number of carbonyl (C=O) groups excluding carboxylic acids is 1. The van der Waals surface area contributed by atoms with Gasteiger partial charge in [-0.05, 0) is 43.7 Å². The zero-order chi connectivity index (χ0) is 14.2. The first-order chi connectivity index (χ1) is 9.62. The maximum absolute atomic E-state index is 12.4. The molecule has 4 heteroatoms. The van der Waals surface area contributed by atoms with Gasteiger partial charge in [-0.3, -0.25) is 4.79 Å². The minimum atomic E-state index is -0.478. The molecule has 2 N–H and O–H groups in total. The summed E-state index contributed by atoms with van der Waals surface area (Å²) in [5, 5.41) is 12.6. The lowest BCUT2D eigenvalue weighted by molar-refractivity contribution is -0.129. The van der Waals surface area contributed by atoms with Crippen molar-refractivity contribution in [1.82, 2.24) is 5.32 Å². The summed E-state index contributed by atoms with van der Waals surface area (Å²) in [4.78, 5) is 12.4. The molecule has 4 nitrogen and oxygen atoms in total. The highest BCUT2D eigenvalue weighted by Gasteiger charge is 2.43. The van der Waals surface area contributed by atoms with Crippen LogP contribution in [0, 0.1) is 11.8 Å². The normalized spacial score (nSPS) is 24.2. The van der Waals surface area contributed by atoms with Gasteiger partial charge < -0.3 is 15.2 Å². The molecule has 108 valence electrons. The van der Waals surface area contributed by atoms with Crippen LogP contribution in [0.2, 0.25) is 0 Å². The standard InChI is InChI=1S/C16H21NO3/c1-16(10-18,13-6-7-13)17-15(19)12-8-11-4-2-3-5-14(11)20-9-12/h2-5,12-13,18H,6-10H2,1H3,(H,17,19). The maximum Gasteiger partial charge on any atom is 0.227 e. The van der Waals surface area contributed by atoms with E-state index in [0.29, 0.717) is 18.9 Å². The van der Waals surface area contributed by atoms with E-state index in [2.05, 4.69) is 5.32 Å². The summed E-state index contributed by atoms with van der Waals surface area (Å²) in [7, 11) is 0. The molecule has 3 rings (SSSR count). The van der Waals surface area contributed by atoms with Gasteiger partial charge in [0.25, 0.3) is 0 Å². The predicted molar refractivity (Wildman–Crippen MR) is 75.5 cm³/mol. The molecule has 1 fully saturated rings. The Kier molecular flexibility index (Phi) is 3.42. The Morgan fingerprint density at radius 3 is 2.90 bits per heavy atom. The molecular formula is C16H21NO3. The average molecular weight is 275 g/mol. The third kappa shape index (κ3) is 2.52. The Balaban J connectivity index is 1.67. The lowest BCUT2D eigenvalue weighted by Crippen LogP contribution is -2.53. The Morgan fingerprint density at radius 1 is 1.45 bits per heavy atom. The summed E-state index contributed by atoms with van der Waals surface area (Å²) < 4.78 is 5.66. The van der Waals surface area contributed by atoms with Crippen LogP contribution in [-0.4, -0.2) is 29.8 Å². The number of rotatable bonds is 4. The topological polar surface area (TPSA) is 58.6 Å². The minimum absolute atomic E-state index is 0.00638. The number of benzene rings is 1. The second-order valence-corrected chi connectivity index (χ2v) is 6.16. The van der Waals surface area contributed by atoms with E-state index >= 15 is 0 Å². The number of fused-ring (bicyclic) bond motifs is 1. The van der Waals surface area contributed by atoms with Crippen molar-refractivity contribution in [2.45, 2.75) is 31.7 Å². The molecule has 0 aromatic heterocycles. The smallest absolute Gasteiger partial charge is 0.227 e. The van der Waals surface area contributed by atoms with E-state index in [-0.39, 0.29) is 18.4 Å². The number of nitrogens with one attached hydrogen (secondary N) is 1. The van der Waals surface area contributed by atoms with Crippen molar-refractivity contribution < 1.29 is 14.6 Å². The van der Waals surface area contributed by atoms with Crippen molar-refractivity contribution in [3.8, 4) is 5.75 Å². The highest BCUT2D eigenvalue weighted by molar-refractivity contribution is 5.80. The van der Waals surface area contributed by atoms with Crippen LogP contribution in [0.3, 0.4) is 0 Å². The van der Waals surface area contributed by atoms with E-state index in [1.54, 1.807) is 0 Å². The van der Waals surface area contributed by atoms with Gasteiger partial charge in [-0.25, -0.2) is 0 Å². The lowest BCUT2D eigenvalue weighted by Gasteiger charge is -2.32. The number of hydrogen-bond acceptors (Lipinski definition) is 3. The van der Waals surface area contributed by atoms with Crippen LogP contribution in [0.15, 0.2) is 24.3 Å². The molecule has 0 spiro atoms. The number of hydrogen-bond donors (Lipinski definition) is 2. The number of carbonyl (C=O) groups is 1. The quantitative estimate of drug-likeness (QED) is 0.876.